The van der Waals surface area contributed by atoms with E-state index in [9.17, 15) is 13.6 Å². The number of hydrogen-bond acceptors (Lipinski definition) is 3. The SMILES string of the molecule is CN(CC(=O)NC1CC1)c1ccc(CN)c(F)c1F. The molecule has 3 N–H and O–H groups in total. The molecule has 2 rings (SSSR count). The van der Waals surface area contributed by atoms with Gasteiger partial charge in [0.25, 0.3) is 0 Å². The van der Waals surface area contributed by atoms with Crippen LogP contribution in [0.2, 0.25) is 0 Å². The first-order valence-electron chi connectivity index (χ1n) is 6.20. The summed E-state index contributed by atoms with van der Waals surface area (Å²) in [6.45, 7) is -0.0657. The molecule has 1 aliphatic carbocycles. The van der Waals surface area contributed by atoms with Crippen LogP contribution in [0.1, 0.15) is 18.4 Å². The van der Waals surface area contributed by atoms with Gasteiger partial charge in [-0.2, -0.15) is 0 Å². The van der Waals surface area contributed by atoms with Crippen molar-refractivity contribution in [3.05, 3.63) is 29.3 Å². The first kappa shape index (κ1) is 13.7. The summed E-state index contributed by atoms with van der Waals surface area (Å²) >= 11 is 0. The smallest absolute Gasteiger partial charge is 0.239 e. The van der Waals surface area contributed by atoms with Gasteiger partial charge in [0, 0.05) is 25.2 Å². The number of nitrogens with zero attached hydrogens (tertiary/aromatic N) is 1. The van der Waals surface area contributed by atoms with Gasteiger partial charge >= 0.3 is 0 Å². The highest BCUT2D eigenvalue weighted by atomic mass is 19.2. The third-order valence-corrected chi connectivity index (χ3v) is 3.10. The lowest BCUT2D eigenvalue weighted by Crippen LogP contribution is -2.36. The van der Waals surface area contributed by atoms with Crippen LogP contribution in [-0.4, -0.2) is 25.5 Å². The predicted octanol–water partition coefficient (Wildman–Crippen LogP) is 1.14. The summed E-state index contributed by atoms with van der Waals surface area (Å²) in [5.74, 6) is -2.10. The Morgan fingerprint density at radius 3 is 2.68 bits per heavy atom. The Morgan fingerprint density at radius 1 is 1.42 bits per heavy atom. The summed E-state index contributed by atoms with van der Waals surface area (Å²) in [7, 11) is 1.55. The van der Waals surface area contributed by atoms with E-state index in [1.165, 1.54) is 17.0 Å². The molecule has 0 atom stereocenters. The lowest BCUT2D eigenvalue weighted by Gasteiger charge is -2.20. The Balaban J connectivity index is 2.07. The zero-order chi connectivity index (χ0) is 14.0. The fraction of sp³-hybridized carbons (Fsp3) is 0.462. The molecule has 0 spiro atoms. The number of carbonyl (C=O) groups excluding carboxylic acids is 1. The molecule has 1 amide bonds. The molecule has 1 fully saturated rings. The van der Waals surface area contributed by atoms with Crippen LogP contribution < -0.4 is 16.0 Å². The molecule has 0 bridgehead atoms. The van der Waals surface area contributed by atoms with E-state index in [0.717, 1.165) is 12.8 Å². The van der Waals surface area contributed by atoms with Crippen molar-refractivity contribution < 1.29 is 13.6 Å². The van der Waals surface area contributed by atoms with E-state index in [-0.39, 0.29) is 36.3 Å². The lowest BCUT2D eigenvalue weighted by molar-refractivity contribution is -0.119. The molecular formula is C13H17F2N3O. The van der Waals surface area contributed by atoms with Crippen LogP contribution in [-0.2, 0) is 11.3 Å². The number of benzene rings is 1. The predicted molar refractivity (Wildman–Crippen MR) is 68.7 cm³/mol. The fourth-order valence-corrected chi connectivity index (χ4v) is 1.83. The zero-order valence-corrected chi connectivity index (χ0v) is 10.7. The molecule has 0 heterocycles. The second-order valence-electron chi connectivity index (χ2n) is 4.77. The molecule has 4 nitrogen and oxygen atoms in total. The van der Waals surface area contributed by atoms with E-state index in [4.69, 9.17) is 5.73 Å². The number of anilines is 1. The van der Waals surface area contributed by atoms with Gasteiger partial charge < -0.3 is 16.0 Å². The number of amides is 1. The number of hydrogen-bond donors (Lipinski definition) is 2. The van der Waals surface area contributed by atoms with Crippen LogP contribution in [0.4, 0.5) is 14.5 Å². The minimum Gasteiger partial charge on any atom is -0.363 e. The van der Waals surface area contributed by atoms with Crippen molar-refractivity contribution in [1.29, 1.82) is 0 Å². The van der Waals surface area contributed by atoms with E-state index in [0.29, 0.717) is 0 Å². The standard InChI is InChI=1S/C13H17F2N3O/c1-18(7-11(19)17-9-3-4-9)10-5-2-8(6-16)12(14)13(10)15/h2,5,9H,3-4,6-7,16H2,1H3,(H,17,19). The number of nitrogens with one attached hydrogen (secondary N) is 1. The maximum atomic E-state index is 13.8. The summed E-state index contributed by atoms with van der Waals surface area (Å²) in [6.07, 6.45) is 1.98. The Labute approximate surface area is 110 Å². The average molecular weight is 269 g/mol. The minimum atomic E-state index is -0.968. The van der Waals surface area contributed by atoms with Crippen molar-refractivity contribution in [2.75, 3.05) is 18.5 Å². The van der Waals surface area contributed by atoms with Crippen molar-refractivity contribution in [2.45, 2.75) is 25.4 Å². The van der Waals surface area contributed by atoms with E-state index in [1.807, 2.05) is 0 Å². The van der Waals surface area contributed by atoms with Gasteiger partial charge in [0.2, 0.25) is 5.91 Å². The van der Waals surface area contributed by atoms with Crippen LogP contribution in [0.15, 0.2) is 12.1 Å². The Morgan fingerprint density at radius 2 is 2.11 bits per heavy atom. The molecule has 19 heavy (non-hydrogen) atoms. The molecule has 0 aromatic heterocycles. The zero-order valence-electron chi connectivity index (χ0n) is 10.7. The second kappa shape index (κ2) is 5.52. The van der Waals surface area contributed by atoms with E-state index < -0.39 is 11.6 Å². The van der Waals surface area contributed by atoms with Gasteiger partial charge in [-0.25, -0.2) is 8.78 Å². The molecule has 1 aliphatic rings. The molecule has 6 heteroatoms. The number of nitrogens with two attached hydrogens (primary N) is 1. The lowest BCUT2D eigenvalue weighted by atomic mass is 10.1. The Hall–Kier alpha value is -1.69. The van der Waals surface area contributed by atoms with Gasteiger partial charge in [0.1, 0.15) is 0 Å². The van der Waals surface area contributed by atoms with Crippen molar-refractivity contribution >= 4 is 11.6 Å². The highest BCUT2D eigenvalue weighted by molar-refractivity contribution is 5.81. The summed E-state index contributed by atoms with van der Waals surface area (Å²) in [5, 5.41) is 2.79. The maximum absolute atomic E-state index is 13.8. The van der Waals surface area contributed by atoms with E-state index >= 15 is 0 Å². The molecule has 0 radical (unpaired) electrons. The highest BCUT2D eigenvalue weighted by Crippen LogP contribution is 2.23. The Kier molecular flexibility index (Phi) is 3.99. The third-order valence-electron chi connectivity index (χ3n) is 3.10. The number of halogens is 2. The highest BCUT2D eigenvalue weighted by Gasteiger charge is 2.24. The Bertz CT molecular complexity index is 489. The molecule has 1 aromatic carbocycles. The summed E-state index contributed by atoms with van der Waals surface area (Å²) in [6, 6.07) is 3.12. The van der Waals surface area contributed by atoms with Crippen molar-refractivity contribution in [3.63, 3.8) is 0 Å². The molecule has 1 saturated carbocycles. The van der Waals surface area contributed by atoms with Crippen molar-refractivity contribution in [2.24, 2.45) is 5.73 Å². The quantitative estimate of drug-likeness (QED) is 0.842. The maximum Gasteiger partial charge on any atom is 0.239 e. The third kappa shape index (κ3) is 3.20. The van der Waals surface area contributed by atoms with Crippen LogP contribution in [0, 0.1) is 11.6 Å². The van der Waals surface area contributed by atoms with Crippen molar-refractivity contribution in [3.8, 4) is 0 Å². The fourth-order valence-electron chi connectivity index (χ4n) is 1.83. The minimum absolute atomic E-state index is 0.00513. The van der Waals surface area contributed by atoms with Gasteiger partial charge in [-0.15, -0.1) is 0 Å². The summed E-state index contributed by atoms with van der Waals surface area (Å²) in [5.41, 5.74) is 5.48. The van der Waals surface area contributed by atoms with Gasteiger partial charge in [0.15, 0.2) is 11.6 Å². The van der Waals surface area contributed by atoms with Crippen LogP contribution >= 0.6 is 0 Å². The monoisotopic (exact) mass is 269 g/mol. The molecule has 0 saturated heterocycles. The average Bonchev–Trinajstić information content (AvgIpc) is 3.16. The largest absolute Gasteiger partial charge is 0.363 e. The second-order valence-corrected chi connectivity index (χ2v) is 4.77. The summed E-state index contributed by atoms with van der Waals surface area (Å²) < 4.78 is 27.4. The molecule has 1 aromatic rings. The first-order chi connectivity index (χ1) is 9.02. The van der Waals surface area contributed by atoms with Crippen LogP contribution in [0.5, 0.6) is 0 Å². The van der Waals surface area contributed by atoms with Gasteiger partial charge in [0.05, 0.1) is 12.2 Å². The normalized spacial score (nSPS) is 14.3. The number of likely N-dealkylation sites (N-methyl/N-ethyl adjacent to an activating group) is 1. The molecule has 0 unspecified atom stereocenters. The van der Waals surface area contributed by atoms with Crippen LogP contribution in [0.25, 0.3) is 0 Å². The molecular weight excluding hydrogens is 252 g/mol. The topological polar surface area (TPSA) is 58.4 Å². The number of carbonyl (C=O) groups is 1. The van der Waals surface area contributed by atoms with Crippen molar-refractivity contribution in [1.82, 2.24) is 5.32 Å². The summed E-state index contributed by atoms with van der Waals surface area (Å²) in [4.78, 5) is 13.0. The van der Waals surface area contributed by atoms with E-state index in [2.05, 4.69) is 5.32 Å². The van der Waals surface area contributed by atoms with Crippen LogP contribution in [0.3, 0.4) is 0 Å². The van der Waals surface area contributed by atoms with Gasteiger partial charge in [-0.05, 0) is 18.9 Å². The van der Waals surface area contributed by atoms with Gasteiger partial charge in [-0.1, -0.05) is 6.07 Å². The molecule has 0 aliphatic heterocycles. The van der Waals surface area contributed by atoms with Gasteiger partial charge in [-0.3, -0.25) is 4.79 Å². The number of rotatable bonds is 5. The van der Waals surface area contributed by atoms with E-state index in [1.54, 1.807) is 7.05 Å². The molecule has 104 valence electrons. The first-order valence-corrected chi connectivity index (χ1v) is 6.20.